The lowest BCUT2D eigenvalue weighted by molar-refractivity contribution is -0.120. The highest BCUT2D eigenvalue weighted by Gasteiger charge is 2.52. The molecule has 1 aromatic carbocycles. The fraction of sp³-hybridized carbons (Fsp3) is 0.258. The van der Waals surface area contributed by atoms with Crippen LogP contribution < -0.4 is 4.90 Å². The number of pyridine rings is 1. The van der Waals surface area contributed by atoms with Crippen molar-refractivity contribution in [3.8, 4) is 28.5 Å². The number of H-pyrrole nitrogens is 1. The van der Waals surface area contributed by atoms with Crippen LogP contribution in [0.2, 0.25) is 0 Å². The Morgan fingerprint density at radius 2 is 1.85 bits per heavy atom. The Morgan fingerprint density at radius 3 is 2.56 bits per heavy atom. The maximum Gasteiger partial charge on any atom is 0.245 e. The van der Waals surface area contributed by atoms with Gasteiger partial charge in [0.1, 0.15) is 11.1 Å². The van der Waals surface area contributed by atoms with Gasteiger partial charge in [-0.15, -0.1) is 0 Å². The van der Waals surface area contributed by atoms with Crippen molar-refractivity contribution in [3.63, 3.8) is 0 Å². The lowest BCUT2D eigenvalue weighted by atomic mass is 9.78. The summed E-state index contributed by atoms with van der Waals surface area (Å²) in [7, 11) is 5.64. The average Bonchev–Trinajstić information content (AvgIpc) is 3.22. The fourth-order valence-corrected chi connectivity index (χ4v) is 6.63. The first-order valence-corrected chi connectivity index (χ1v) is 13.6. The van der Waals surface area contributed by atoms with Crippen molar-refractivity contribution in [2.75, 3.05) is 11.9 Å². The van der Waals surface area contributed by atoms with Crippen LogP contribution in [0.5, 0.6) is 0 Å². The van der Waals surface area contributed by atoms with Crippen molar-refractivity contribution in [1.29, 1.82) is 5.26 Å². The van der Waals surface area contributed by atoms with Crippen LogP contribution in [0.25, 0.3) is 44.3 Å². The number of hydrogen-bond acceptors (Lipinski definition) is 6. The Balaban J connectivity index is 1.40. The van der Waals surface area contributed by atoms with E-state index in [2.05, 4.69) is 44.3 Å². The zero-order valence-electron chi connectivity index (χ0n) is 23.0. The monoisotopic (exact) mass is 541 g/mol. The van der Waals surface area contributed by atoms with Gasteiger partial charge in [-0.2, -0.15) is 15.5 Å². The molecule has 1 aliphatic carbocycles. The molecule has 5 aromatic rings. The number of carbonyl (C=O) groups is 1. The van der Waals surface area contributed by atoms with Gasteiger partial charge in [0.2, 0.25) is 5.91 Å². The van der Waals surface area contributed by atoms with Crippen LogP contribution in [0.15, 0.2) is 67.5 Å². The zero-order valence-corrected chi connectivity index (χ0v) is 23.0. The van der Waals surface area contributed by atoms with Crippen LogP contribution >= 0.6 is 0 Å². The first-order valence-electron chi connectivity index (χ1n) is 13.6. The lowest BCUT2D eigenvalue weighted by Gasteiger charge is -2.33. The van der Waals surface area contributed by atoms with E-state index in [0.717, 1.165) is 62.8 Å². The predicted molar refractivity (Wildman–Crippen MR) is 155 cm³/mol. The Labute approximate surface area is 235 Å². The number of aryl methyl sites for hydroxylation is 2. The van der Waals surface area contributed by atoms with E-state index >= 15 is 0 Å². The number of carbonyl (C=O) groups excluding carboxylic acids is 1. The molecular formula is C31H27N9O. The number of amides is 1. The summed E-state index contributed by atoms with van der Waals surface area (Å²) >= 11 is 0. The molecule has 41 heavy (non-hydrogen) atoms. The van der Waals surface area contributed by atoms with Gasteiger partial charge in [-0.25, -0.2) is 4.98 Å². The van der Waals surface area contributed by atoms with E-state index in [1.807, 2.05) is 69.0 Å². The van der Waals surface area contributed by atoms with Gasteiger partial charge < -0.3 is 14.8 Å². The summed E-state index contributed by atoms with van der Waals surface area (Å²) < 4.78 is 3.64. The summed E-state index contributed by atoms with van der Waals surface area (Å²) in [6.45, 7) is 0. The van der Waals surface area contributed by atoms with Crippen molar-refractivity contribution >= 4 is 33.5 Å². The minimum Gasteiger partial charge on any atom is -0.348 e. The van der Waals surface area contributed by atoms with Crippen LogP contribution in [-0.2, 0) is 24.3 Å². The predicted octanol–water partition coefficient (Wildman–Crippen LogP) is 4.52. The second kappa shape index (κ2) is 7.95. The number of anilines is 1. The number of likely N-dealkylation sites (N-methyl/N-ethyl adjacent to an activating group) is 1. The van der Waals surface area contributed by atoms with Crippen molar-refractivity contribution in [1.82, 2.24) is 34.4 Å². The van der Waals surface area contributed by atoms with Crippen LogP contribution in [0.1, 0.15) is 24.8 Å². The number of benzene rings is 1. The summed E-state index contributed by atoms with van der Waals surface area (Å²) in [5.41, 5.74) is 6.06. The highest BCUT2D eigenvalue weighted by atomic mass is 16.2. The van der Waals surface area contributed by atoms with Gasteiger partial charge in [0, 0.05) is 67.2 Å². The maximum atomic E-state index is 14.1. The molecule has 1 saturated carbocycles. The average molecular weight is 542 g/mol. The fourth-order valence-electron chi connectivity index (χ4n) is 6.63. The Morgan fingerprint density at radius 1 is 1.05 bits per heavy atom. The molecule has 0 bridgehead atoms. The SMILES string of the molecule is CN1C(=O)C2(C=CN(C3(CC#N)CC3)C=C2)c2c1cnc1[nH]c(-c3cnn(C)c3)c(-c3ccc4c(cnn4C)c3)c21. The summed E-state index contributed by atoms with van der Waals surface area (Å²) in [6, 6.07) is 8.66. The van der Waals surface area contributed by atoms with E-state index in [1.165, 1.54) is 0 Å². The van der Waals surface area contributed by atoms with Crippen molar-refractivity contribution in [3.05, 3.63) is 73.1 Å². The van der Waals surface area contributed by atoms with Gasteiger partial charge >= 0.3 is 0 Å². The minimum absolute atomic E-state index is 0.0307. The third-order valence-electron chi connectivity index (χ3n) is 9.04. The Hall–Kier alpha value is -5.17. The molecule has 6 heterocycles. The number of hydrogen-bond donors (Lipinski definition) is 1. The number of nitrogens with one attached hydrogen (secondary N) is 1. The van der Waals surface area contributed by atoms with Gasteiger partial charge in [0.15, 0.2) is 0 Å². The van der Waals surface area contributed by atoms with Gasteiger partial charge in [-0.05, 0) is 42.7 Å². The maximum absolute atomic E-state index is 14.1. The third kappa shape index (κ3) is 3.11. The molecule has 0 radical (unpaired) electrons. The number of rotatable bonds is 4. The second-order valence-electron chi connectivity index (χ2n) is 11.4. The van der Waals surface area contributed by atoms with Crippen molar-refractivity contribution in [2.45, 2.75) is 30.2 Å². The normalized spacial score (nSPS) is 18.1. The summed E-state index contributed by atoms with van der Waals surface area (Å²) in [6.07, 6.45) is 17.9. The van der Waals surface area contributed by atoms with Crippen LogP contribution in [0.4, 0.5) is 5.69 Å². The molecule has 0 atom stereocenters. The lowest BCUT2D eigenvalue weighted by Crippen LogP contribution is -2.39. The highest BCUT2D eigenvalue weighted by Crippen LogP contribution is 2.53. The largest absolute Gasteiger partial charge is 0.348 e. The molecule has 10 nitrogen and oxygen atoms in total. The quantitative estimate of drug-likeness (QED) is 0.358. The van der Waals surface area contributed by atoms with E-state index in [1.54, 1.807) is 15.8 Å². The summed E-state index contributed by atoms with van der Waals surface area (Å²) in [4.78, 5) is 26.3. The zero-order chi connectivity index (χ0) is 28.1. The number of fused-ring (bicyclic) bond motifs is 5. The van der Waals surface area contributed by atoms with Gasteiger partial charge in [0.25, 0.3) is 0 Å². The molecule has 4 aromatic heterocycles. The molecule has 3 aliphatic rings. The Bertz CT molecular complexity index is 2010. The van der Waals surface area contributed by atoms with Crippen LogP contribution in [0.3, 0.4) is 0 Å². The highest BCUT2D eigenvalue weighted by molar-refractivity contribution is 6.18. The molecule has 0 unspecified atom stereocenters. The van der Waals surface area contributed by atoms with E-state index < -0.39 is 5.41 Å². The number of nitrogens with zero attached hydrogens (tertiary/aromatic N) is 8. The van der Waals surface area contributed by atoms with Crippen molar-refractivity contribution < 1.29 is 4.79 Å². The molecule has 1 spiro atoms. The number of nitriles is 1. The topological polar surface area (TPSA) is 112 Å². The van der Waals surface area contributed by atoms with Crippen LogP contribution in [0, 0.1) is 11.3 Å². The van der Waals surface area contributed by atoms with Crippen molar-refractivity contribution in [2.24, 2.45) is 14.1 Å². The smallest absolute Gasteiger partial charge is 0.245 e. The van der Waals surface area contributed by atoms with Gasteiger partial charge in [-0.3, -0.25) is 14.2 Å². The standard InChI is InChI=1S/C31H27N9O/c1-37-18-21(16-34-37)27-24(19-4-5-22-20(14-19)15-35-39(22)3)25-26-23(17-33-28(25)36-27)38(2)29(41)31(26)9-12-40(13-10-31)30(6-7-30)8-11-32/h4-5,9-10,12-18H,6-8H2,1-3H3,(H,33,36). The van der Waals surface area contributed by atoms with Gasteiger partial charge in [0.05, 0.1) is 53.5 Å². The Kier molecular flexibility index (Phi) is 4.59. The molecule has 1 fully saturated rings. The van der Waals surface area contributed by atoms with E-state index in [9.17, 15) is 10.1 Å². The molecule has 1 N–H and O–H groups in total. The van der Waals surface area contributed by atoms with Gasteiger partial charge in [-0.1, -0.05) is 6.07 Å². The molecule has 1 amide bonds. The molecule has 8 rings (SSSR count). The first kappa shape index (κ1) is 23.7. The summed E-state index contributed by atoms with van der Waals surface area (Å²) in [5, 5.41) is 20.2. The molecule has 2 aliphatic heterocycles. The van der Waals surface area contributed by atoms with E-state index in [0.29, 0.717) is 12.1 Å². The molecule has 202 valence electrons. The third-order valence-corrected chi connectivity index (χ3v) is 9.04. The minimum atomic E-state index is -0.994. The number of aromatic amines is 1. The molecule has 10 heteroatoms. The number of aromatic nitrogens is 6. The molecule has 0 saturated heterocycles. The second-order valence-corrected chi connectivity index (χ2v) is 11.4. The van der Waals surface area contributed by atoms with E-state index in [-0.39, 0.29) is 11.4 Å². The molecular weight excluding hydrogens is 514 g/mol. The van der Waals surface area contributed by atoms with Crippen LogP contribution in [-0.4, -0.2) is 52.9 Å². The first-order chi connectivity index (χ1) is 19.8. The van der Waals surface area contributed by atoms with E-state index in [4.69, 9.17) is 4.98 Å². The summed E-state index contributed by atoms with van der Waals surface area (Å²) in [5.74, 6) is -0.0307.